The minimum absolute atomic E-state index is 0.101. The number of benzene rings is 1. The number of nitrogens with zero attached hydrogens (tertiary/aromatic N) is 1. The third kappa shape index (κ3) is 3.98. The van der Waals surface area contributed by atoms with Gasteiger partial charge in [0.05, 0.1) is 0 Å². The van der Waals surface area contributed by atoms with Crippen molar-refractivity contribution in [1.82, 2.24) is 4.90 Å². The first-order valence-corrected chi connectivity index (χ1v) is 6.82. The fourth-order valence-electron chi connectivity index (χ4n) is 1.65. The average Bonchev–Trinajstić information content (AvgIpc) is 2.30. The summed E-state index contributed by atoms with van der Waals surface area (Å²) >= 11 is 3.52. The maximum Gasteiger partial charge on any atom is 0.231 e. The van der Waals surface area contributed by atoms with Crippen molar-refractivity contribution in [2.24, 2.45) is 5.41 Å². The first kappa shape index (κ1) is 15.0. The van der Waals surface area contributed by atoms with Gasteiger partial charge < -0.3 is 4.90 Å². The third-order valence-corrected chi connectivity index (χ3v) is 3.48. The molecule has 0 bridgehead atoms. The lowest BCUT2D eigenvalue weighted by molar-refractivity contribution is -0.136. The Morgan fingerprint density at radius 3 is 2.50 bits per heavy atom. The monoisotopic (exact) mass is 309 g/mol. The van der Waals surface area contributed by atoms with Gasteiger partial charge in [-0.1, -0.05) is 61.5 Å². The van der Waals surface area contributed by atoms with Gasteiger partial charge >= 0.3 is 0 Å². The van der Waals surface area contributed by atoms with E-state index in [9.17, 15) is 4.79 Å². The minimum atomic E-state index is -0.373. The van der Waals surface area contributed by atoms with Crippen LogP contribution in [-0.2, 0) is 11.2 Å². The number of carbonyl (C=O) groups is 1. The lowest BCUT2D eigenvalue weighted by atomic mass is 9.94. The molecular formula is C15H20BrNO. The molecule has 0 unspecified atom stereocenters. The third-order valence-electron chi connectivity index (χ3n) is 2.70. The highest BCUT2D eigenvalue weighted by Crippen LogP contribution is 2.20. The smallest absolute Gasteiger partial charge is 0.231 e. The molecule has 0 spiro atoms. The van der Waals surface area contributed by atoms with E-state index in [1.807, 2.05) is 39.0 Å². The normalized spacial score (nSPS) is 11.1. The van der Waals surface area contributed by atoms with Gasteiger partial charge in [-0.3, -0.25) is 4.79 Å². The van der Waals surface area contributed by atoms with Gasteiger partial charge in [-0.15, -0.1) is 0 Å². The van der Waals surface area contributed by atoms with Crippen LogP contribution in [0.3, 0.4) is 0 Å². The van der Waals surface area contributed by atoms with Gasteiger partial charge in [0.1, 0.15) is 0 Å². The van der Waals surface area contributed by atoms with Crippen LogP contribution >= 0.6 is 15.9 Å². The van der Waals surface area contributed by atoms with Crippen LogP contribution in [0.1, 0.15) is 26.3 Å². The first-order valence-electron chi connectivity index (χ1n) is 6.03. The highest BCUT2D eigenvalue weighted by Gasteiger charge is 2.25. The van der Waals surface area contributed by atoms with Gasteiger partial charge in [-0.05, 0) is 24.3 Å². The zero-order valence-electron chi connectivity index (χ0n) is 11.2. The Hall–Kier alpha value is -1.09. The Balaban J connectivity index is 2.69. The quantitative estimate of drug-likeness (QED) is 0.823. The van der Waals surface area contributed by atoms with Crippen LogP contribution in [0.25, 0.3) is 0 Å². The molecule has 0 radical (unpaired) electrons. The molecule has 0 aliphatic heterocycles. The molecule has 0 aliphatic rings. The Morgan fingerprint density at radius 2 is 2.00 bits per heavy atom. The molecule has 0 aromatic heterocycles. The molecule has 18 heavy (non-hydrogen) atoms. The molecule has 0 N–H and O–H groups in total. The second-order valence-electron chi connectivity index (χ2n) is 5.27. The molecule has 98 valence electrons. The molecule has 1 rings (SSSR count). The molecule has 3 heteroatoms. The van der Waals surface area contributed by atoms with Crippen LogP contribution in [0, 0.1) is 5.41 Å². The Bertz CT molecular complexity index is 434. The van der Waals surface area contributed by atoms with E-state index < -0.39 is 0 Å². The van der Waals surface area contributed by atoms with Crippen molar-refractivity contribution >= 4 is 21.8 Å². The minimum Gasteiger partial charge on any atom is -0.319 e. The van der Waals surface area contributed by atoms with Gasteiger partial charge in [0.25, 0.3) is 0 Å². The largest absolute Gasteiger partial charge is 0.319 e. The second kappa shape index (κ2) is 6.19. The van der Waals surface area contributed by atoms with Gasteiger partial charge in [0, 0.05) is 16.4 Å². The summed E-state index contributed by atoms with van der Waals surface area (Å²) in [6.45, 7) is 10.1. The van der Waals surface area contributed by atoms with Crippen molar-refractivity contribution in [3.8, 4) is 0 Å². The lowest BCUT2D eigenvalue weighted by Crippen LogP contribution is -2.36. The van der Waals surface area contributed by atoms with Crippen molar-refractivity contribution < 1.29 is 4.79 Å². The number of carbonyl (C=O) groups excluding carboxylic acids is 1. The number of halogens is 1. The van der Waals surface area contributed by atoms with Crippen LogP contribution in [0.2, 0.25) is 0 Å². The average molecular weight is 310 g/mol. The topological polar surface area (TPSA) is 20.3 Å². The highest BCUT2D eigenvalue weighted by molar-refractivity contribution is 9.10. The highest BCUT2D eigenvalue weighted by atomic mass is 79.9. The van der Waals surface area contributed by atoms with E-state index in [0.717, 1.165) is 10.9 Å². The van der Waals surface area contributed by atoms with Crippen molar-refractivity contribution in [1.29, 1.82) is 0 Å². The van der Waals surface area contributed by atoms with Crippen molar-refractivity contribution in [3.63, 3.8) is 0 Å². The summed E-state index contributed by atoms with van der Waals surface area (Å²) in [6, 6.07) is 8.06. The summed E-state index contributed by atoms with van der Waals surface area (Å²) in [7, 11) is 0. The predicted octanol–water partition coefficient (Wildman–Crippen LogP) is 4.01. The maximum atomic E-state index is 12.1. The Labute approximate surface area is 118 Å². The fraction of sp³-hybridized carbons (Fsp3) is 0.400. The number of hydrogen-bond acceptors (Lipinski definition) is 1. The van der Waals surface area contributed by atoms with E-state index in [-0.39, 0.29) is 11.3 Å². The Morgan fingerprint density at radius 1 is 1.39 bits per heavy atom. The molecule has 2 nitrogen and oxygen atoms in total. The van der Waals surface area contributed by atoms with Crippen LogP contribution in [0.15, 0.2) is 41.5 Å². The van der Waals surface area contributed by atoms with Crippen LogP contribution in [-0.4, -0.2) is 17.4 Å². The van der Waals surface area contributed by atoms with Crippen molar-refractivity contribution in [2.75, 3.05) is 6.54 Å². The maximum absolute atomic E-state index is 12.1. The van der Waals surface area contributed by atoms with Gasteiger partial charge in [-0.2, -0.15) is 0 Å². The van der Waals surface area contributed by atoms with Gasteiger partial charge in [-0.25, -0.2) is 0 Å². The molecule has 0 heterocycles. The molecule has 0 atom stereocenters. The van der Waals surface area contributed by atoms with E-state index in [1.165, 1.54) is 5.56 Å². The molecule has 0 fully saturated rings. The summed E-state index contributed by atoms with van der Waals surface area (Å²) in [4.78, 5) is 13.8. The SMILES string of the molecule is C=CN(CCc1ccccc1Br)C(=O)C(C)(C)C. The van der Waals surface area contributed by atoms with Gasteiger partial charge in [0.2, 0.25) is 5.91 Å². The van der Waals surface area contributed by atoms with Crippen LogP contribution in [0.5, 0.6) is 0 Å². The Kier molecular flexibility index (Phi) is 5.15. The summed E-state index contributed by atoms with van der Waals surface area (Å²) in [5.74, 6) is 0.101. The van der Waals surface area contributed by atoms with E-state index in [4.69, 9.17) is 0 Å². The molecule has 1 aromatic carbocycles. The van der Waals surface area contributed by atoms with Crippen LogP contribution < -0.4 is 0 Å². The van der Waals surface area contributed by atoms with Crippen molar-refractivity contribution in [3.05, 3.63) is 47.1 Å². The molecule has 1 aromatic rings. The van der Waals surface area contributed by atoms with Gasteiger partial charge in [0.15, 0.2) is 0 Å². The summed E-state index contributed by atoms with van der Waals surface area (Å²) in [5.41, 5.74) is 0.827. The zero-order chi connectivity index (χ0) is 13.8. The van der Waals surface area contributed by atoms with E-state index in [2.05, 4.69) is 28.6 Å². The summed E-state index contributed by atoms with van der Waals surface area (Å²) in [5, 5.41) is 0. The summed E-state index contributed by atoms with van der Waals surface area (Å²) in [6.07, 6.45) is 2.43. The molecule has 0 saturated carbocycles. The number of hydrogen-bond donors (Lipinski definition) is 0. The molecular weight excluding hydrogens is 290 g/mol. The second-order valence-corrected chi connectivity index (χ2v) is 6.13. The van der Waals surface area contributed by atoms with E-state index >= 15 is 0 Å². The zero-order valence-corrected chi connectivity index (χ0v) is 12.8. The molecule has 0 aliphatic carbocycles. The molecule has 0 saturated heterocycles. The summed E-state index contributed by atoms with van der Waals surface area (Å²) < 4.78 is 1.08. The van der Waals surface area contributed by atoms with Crippen molar-refractivity contribution in [2.45, 2.75) is 27.2 Å². The number of rotatable bonds is 4. The first-order chi connectivity index (χ1) is 8.36. The lowest BCUT2D eigenvalue weighted by Gasteiger charge is -2.26. The predicted molar refractivity (Wildman–Crippen MR) is 79.2 cm³/mol. The van der Waals surface area contributed by atoms with E-state index in [0.29, 0.717) is 6.54 Å². The van der Waals surface area contributed by atoms with E-state index in [1.54, 1.807) is 11.1 Å². The fourth-order valence-corrected chi connectivity index (χ4v) is 2.13. The molecule has 1 amide bonds. The standard InChI is InChI=1S/C15H20BrNO/c1-5-17(14(18)15(2,3)4)11-10-12-8-6-7-9-13(12)16/h5-9H,1,10-11H2,2-4H3. The number of amides is 1. The van der Waals surface area contributed by atoms with Crippen LogP contribution in [0.4, 0.5) is 0 Å².